The number of para-hydroxylation sites is 1. The van der Waals surface area contributed by atoms with Crippen molar-refractivity contribution in [3.05, 3.63) is 240 Å². The molecule has 13 rings (SSSR count). The van der Waals surface area contributed by atoms with Crippen molar-refractivity contribution < 1.29 is 4.42 Å². The van der Waals surface area contributed by atoms with Crippen molar-refractivity contribution in [1.82, 2.24) is 0 Å². The largest absolute Gasteiger partial charge is 0.455 e. The van der Waals surface area contributed by atoms with E-state index in [1.165, 1.54) is 70.6 Å². The second-order valence-electron chi connectivity index (χ2n) is 25.3. The van der Waals surface area contributed by atoms with Crippen LogP contribution in [0.1, 0.15) is 74.9 Å². The van der Waals surface area contributed by atoms with E-state index in [9.17, 15) is 0 Å². The van der Waals surface area contributed by atoms with E-state index in [2.05, 4.69) is 295 Å². The molecule has 0 bridgehead atoms. The first kappa shape index (κ1) is 50.1. The first-order chi connectivity index (χ1) is 37.2. The molecule has 3 nitrogen and oxygen atoms in total. The zero-order valence-corrected chi connectivity index (χ0v) is 48.9. The summed E-state index contributed by atoms with van der Waals surface area (Å²) >= 11 is 0. The van der Waals surface area contributed by atoms with Gasteiger partial charge >= 0.3 is 0 Å². The van der Waals surface area contributed by atoms with Gasteiger partial charge in [0.25, 0.3) is 0 Å². The predicted molar refractivity (Wildman–Crippen MR) is 342 cm³/mol. The Morgan fingerprint density at radius 1 is 0.372 bits per heavy atom. The maximum atomic E-state index is 7.53. The molecule has 0 saturated heterocycles. The van der Waals surface area contributed by atoms with Crippen molar-refractivity contribution in [2.24, 2.45) is 0 Å². The molecule has 0 amide bonds. The summed E-state index contributed by atoms with van der Waals surface area (Å²) in [5.41, 5.74) is 20.3. The fourth-order valence-electron chi connectivity index (χ4n) is 12.7. The second-order valence-corrected chi connectivity index (χ2v) is 33.5. The van der Waals surface area contributed by atoms with E-state index < -0.39 is 25.5 Å². The summed E-state index contributed by atoms with van der Waals surface area (Å²) in [6, 6.07) is 78.8. The molecule has 0 fully saturated rings. The smallest absolute Gasteiger partial charge is 0.145 e. The molecule has 0 aliphatic heterocycles. The van der Waals surface area contributed by atoms with E-state index in [0.29, 0.717) is 0 Å². The number of hydrogen-bond donors (Lipinski definition) is 0. The highest BCUT2D eigenvalue weighted by Crippen LogP contribution is 2.67. The number of nitrogens with zero attached hydrogens (tertiary/aromatic N) is 2. The molecular formula is C73H70N2OS2. The van der Waals surface area contributed by atoms with Gasteiger partial charge in [0, 0.05) is 39.1 Å². The maximum absolute atomic E-state index is 7.53. The number of rotatable bonds is 8. The maximum Gasteiger partial charge on any atom is 0.145 e. The lowest BCUT2D eigenvalue weighted by Gasteiger charge is -2.34. The molecule has 1 aromatic heterocycles. The third kappa shape index (κ3) is 7.78. The van der Waals surface area contributed by atoms with Crippen LogP contribution >= 0.6 is 20.1 Å². The molecule has 0 N–H and O–H groups in total. The molecule has 0 saturated carbocycles. The number of benzene rings is 10. The number of furan rings is 1. The monoisotopic (exact) mass is 1050 g/mol. The van der Waals surface area contributed by atoms with Crippen LogP contribution in [0.25, 0.3) is 55.0 Å². The zero-order chi connectivity index (χ0) is 54.3. The van der Waals surface area contributed by atoms with Gasteiger partial charge in [-0.15, -0.1) is 0 Å². The van der Waals surface area contributed by atoms with Crippen molar-refractivity contribution in [1.29, 1.82) is 0 Å². The van der Waals surface area contributed by atoms with Crippen molar-refractivity contribution in [2.75, 3.05) is 47.3 Å². The van der Waals surface area contributed by atoms with E-state index in [1.54, 1.807) is 0 Å². The summed E-state index contributed by atoms with van der Waals surface area (Å²) < 4.78 is 7.53. The molecule has 390 valence electrons. The van der Waals surface area contributed by atoms with Crippen LogP contribution in [-0.4, -0.2) is 37.5 Å². The highest BCUT2D eigenvalue weighted by atomic mass is 32.3. The molecule has 11 aromatic rings. The lowest BCUT2D eigenvalue weighted by molar-refractivity contribution is 0.590. The van der Waals surface area contributed by atoms with Crippen LogP contribution in [-0.2, 0) is 16.2 Å². The second kappa shape index (κ2) is 17.8. The standard InChI is InChI=1S/C73H70N2OS2/c1-71(2,3)47-29-33-49(34-30-47)74(51-37-41-53(42-38-51)77(7,8)9)64-45-62-67(58-24-14-13-23-57(58)64)69-63(73(62)60-26-18-15-21-55(60)56-22-16-19-27-61(56)73)46-65(68-59-25-17-20-28-66(59)76-70(68)69)75(50-35-31-48(32-36-50)72(4,5)6)52-39-43-54(44-40-52)78(10,11)12/h13-46H,1-12H3. The van der Waals surface area contributed by atoms with Crippen molar-refractivity contribution in [2.45, 2.75) is 67.6 Å². The molecule has 0 atom stereocenters. The highest BCUT2D eigenvalue weighted by molar-refractivity contribution is 8.32. The molecule has 0 radical (unpaired) electrons. The SMILES string of the molecule is CC(C)(C)c1ccc(N(c2ccc(S(C)(C)C)cc2)c2cc3c(c4ccccc24)-c2c(cc(N(c4ccc(C(C)(C)C)cc4)c4ccc(S(C)(C)C)cc4)c4c2oc2ccccc24)C32c3ccccc3-c3ccccc32)cc1. The van der Waals surface area contributed by atoms with Gasteiger partial charge in [0.05, 0.1) is 22.2 Å². The summed E-state index contributed by atoms with van der Waals surface area (Å²) in [7, 11) is -1.94. The Bertz CT molecular complexity index is 4000. The summed E-state index contributed by atoms with van der Waals surface area (Å²) in [5, 5.41) is 4.58. The third-order valence-electron chi connectivity index (χ3n) is 16.7. The van der Waals surface area contributed by atoms with Gasteiger partial charge in [-0.05, 0) is 205 Å². The Hall–Kier alpha value is -7.44. The lowest BCUT2D eigenvalue weighted by Crippen LogP contribution is -2.26. The van der Waals surface area contributed by atoms with Crippen LogP contribution in [0.15, 0.2) is 220 Å². The molecular weight excluding hydrogens is 985 g/mol. The van der Waals surface area contributed by atoms with E-state index in [4.69, 9.17) is 4.42 Å². The Morgan fingerprint density at radius 3 is 1.23 bits per heavy atom. The molecule has 10 aromatic carbocycles. The highest BCUT2D eigenvalue weighted by Gasteiger charge is 2.54. The molecule has 2 aliphatic rings. The molecule has 1 spiro atoms. The summed E-state index contributed by atoms with van der Waals surface area (Å²) in [4.78, 5) is 7.80. The van der Waals surface area contributed by atoms with Gasteiger partial charge < -0.3 is 14.2 Å². The van der Waals surface area contributed by atoms with Crippen LogP contribution in [0.4, 0.5) is 34.1 Å². The van der Waals surface area contributed by atoms with Gasteiger partial charge in [-0.3, -0.25) is 0 Å². The van der Waals surface area contributed by atoms with Crippen LogP contribution in [0, 0.1) is 0 Å². The minimum atomic E-state index is -0.977. The lowest BCUT2D eigenvalue weighted by atomic mass is 9.70. The Morgan fingerprint density at radius 2 is 0.756 bits per heavy atom. The average Bonchev–Trinajstić information content (AvgIpc) is 2.35. The first-order valence-corrected chi connectivity index (χ1v) is 33.1. The molecule has 2 aliphatic carbocycles. The van der Waals surface area contributed by atoms with Crippen molar-refractivity contribution in [3.63, 3.8) is 0 Å². The molecule has 0 unspecified atom stereocenters. The topological polar surface area (TPSA) is 19.6 Å². The summed E-state index contributed by atoms with van der Waals surface area (Å²) in [6.45, 7) is 13.8. The predicted octanol–water partition coefficient (Wildman–Crippen LogP) is 20.7. The minimum Gasteiger partial charge on any atom is -0.455 e. The van der Waals surface area contributed by atoms with Crippen LogP contribution < -0.4 is 9.80 Å². The van der Waals surface area contributed by atoms with Crippen LogP contribution in [0.5, 0.6) is 0 Å². The normalized spacial score (nSPS) is 14.2. The van der Waals surface area contributed by atoms with Crippen LogP contribution in [0.3, 0.4) is 0 Å². The first-order valence-electron chi connectivity index (χ1n) is 27.4. The Kier molecular flexibility index (Phi) is 11.4. The van der Waals surface area contributed by atoms with Gasteiger partial charge in [-0.1, -0.05) is 157 Å². The van der Waals surface area contributed by atoms with Gasteiger partial charge in [-0.25, -0.2) is 20.1 Å². The number of fused-ring (bicyclic) bond motifs is 16. The van der Waals surface area contributed by atoms with E-state index >= 15 is 0 Å². The van der Waals surface area contributed by atoms with Crippen molar-refractivity contribution >= 4 is 86.9 Å². The summed E-state index contributed by atoms with van der Waals surface area (Å²) in [5.74, 6) is 0. The van der Waals surface area contributed by atoms with E-state index in [-0.39, 0.29) is 10.8 Å². The zero-order valence-electron chi connectivity index (χ0n) is 47.2. The quantitative estimate of drug-likeness (QED) is 0.151. The fraction of sp³-hybridized carbons (Fsp3) is 0.205. The van der Waals surface area contributed by atoms with E-state index in [1.807, 2.05) is 0 Å². The van der Waals surface area contributed by atoms with Gasteiger partial charge in [-0.2, -0.15) is 0 Å². The van der Waals surface area contributed by atoms with Crippen molar-refractivity contribution in [3.8, 4) is 22.3 Å². The number of anilines is 6. The van der Waals surface area contributed by atoms with Gasteiger partial charge in [0.15, 0.2) is 0 Å². The van der Waals surface area contributed by atoms with Gasteiger partial charge in [0.2, 0.25) is 0 Å². The third-order valence-corrected chi connectivity index (χ3v) is 20.1. The minimum absolute atomic E-state index is 0.00524. The van der Waals surface area contributed by atoms with Gasteiger partial charge in [0.1, 0.15) is 11.2 Å². The van der Waals surface area contributed by atoms with Crippen LogP contribution in [0.2, 0.25) is 0 Å². The van der Waals surface area contributed by atoms with E-state index in [0.717, 1.165) is 61.6 Å². The average molecular weight is 1060 g/mol. The molecule has 5 heteroatoms. The number of hydrogen-bond acceptors (Lipinski definition) is 3. The fourth-order valence-corrected chi connectivity index (χ4v) is 14.7. The molecule has 78 heavy (non-hydrogen) atoms. The molecule has 1 heterocycles. The Labute approximate surface area is 465 Å². The summed E-state index contributed by atoms with van der Waals surface area (Å²) in [6.07, 6.45) is 14.3. The Balaban J connectivity index is 1.18.